The molecule has 3 rings (SSSR count). The largest absolute Gasteiger partial charge is 0.485 e. The van der Waals surface area contributed by atoms with Crippen molar-refractivity contribution in [1.82, 2.24) is 5.32 Å². The molecule has 0 fully saturated rings. The van der Waals surface area contributed by atoms with Crippen molar-refractivity contribution in [2.45, 2.75) is 66.1 Å². The van der Waals surface area contributed by atoms with Crippen molar-refractivity contribution >= 4 is 23.2 Å². The average molecular weight is 524 g/mol. The van der Waals surface area contributed by atoms with E-state index in [1.807, 2.05) is 6.07 Å². The Hall–Kier alpha value is -3.16. The van der Waals surface area contributed by atoms with E-state index in [0.717, 1.165) is 21.8 Å². The van der Waals surface area contributed by atoms with E-state index >= 15 is 0 Å². The quantitative estimate of drug-likeness (QED) is 0.307. The van der Waals surface area contributed by atoms with E-state index in [0.29, 0.717) is 4.88 Å². The first kappa shape index (κ1) is 28.4. The molecule has 198 valence electrons. The zero-order valence-corrected chi connectivity index (χ0v) is 23.4. The zero-order valence-electron chi connectivity index (χ0n) is 22.6. The van der Waals surface area contributed by atoms with Crippen LogP contribution in [0.5, 0.6) is 5.75 Å². The molecule has 2 atom stereocenters. The number of carboxylic acids is 1. The summed E-state index contributed by atoms with van der Waals surface area (Å²) in [6.45, 7) is 14.6. The van der Waals surface area contributed by atoms with Crippen molar-refractivity contribution in [3.8, 4) is 16.9 Å². The lowest BCUT2D eigenvalue weighted by Gasteiger charge is -2.23. The number of carbonyl (C=O) groups excluding carboxylic acids is 1. The highest BCUT2D eigenvalue weighted by atomic mass is 32.1. The van der Waals surface area contributed by atoms with Gasteiger partial charge in [-0.3, -0.25) is 4.79 Å². The van der Waals surface area contributed by atoms with Gasteiger partial charge in [0.2, 0.25) is 0 Å². The molecule has 7 heteroatoms. The van der Waals surface area contributed by atoms with Gasteiger partial charge in [-0.15, -0.1) is 11.3 Å². The maximum atomic E-state index is 12.4. The lowest BCUT2D eigenvalue weighted by molar-refractivity contribution is -0.146. The van der Waals surface area contributed by atoms with Crippen LogP contribution in [0.25, 0.3) is 11.1 Å². The van der Waals surface area contributed by atoms with E-state index < -0.39 is 18.0 Å². The van der Waals surface area contributed by atoms with E-state index in [-0.39, 0.29) is 24.0 Å². The number of benzene rings is 2. The zero-order chi connectivity index (χ0) is 27.5. The predicted molar refractivity (Wildman–Crippen MR) is 149 cm³/mol. The summed E-state index contributed by atoms with van der Waals surface area (Å²) < 4.78 is 6.46. The number of thiophene rings is 1. The van der Waals surface area contributed by atoms with Gasteiger partial charge in [-0.1, -0.05) is 58.9 Å². The molecule has 6 nitrogen and oxygen atoms in total. The first-order chi connectivity index (χ1) is 17.3. The Kier molecular flexibility index (Phi) is 8.82. The number of hydrogen-bond acceptors (Lipinski definition) is 5. The summed E-state index contributed by atoms with van der Waals surface area (Å²) in [4.78, 5) is 24.5. The number of carbonyl (C=O) groups is 2. The van der Waals surface area contributed by atoms with Gasteiger partial charge in [0.05, 0.1) is 11.4 Å². The van der Waals surface area contributed by atoms with E-state index in [4.69, 9.17) is 9.84 Å². The van der Waals surface area contributed by atoms with E-state index in [1.54, 1.807) is 6.07 Å². The fourth-order valence-electron chi connectivity index (χ4n) is 4.24. The predicted octanol–water partition coefficient (Wildman–Crippen LogP) is 6.28. The van der Waals surface area contributed by atoms with Crippen molar-refractivity contribution in [2.24, 2.45) is 5.92 Å². The first-order valence-electron chi connectivity index (χ1n) is 12.5. The molecule has 0 saturated heterocycles. The molecule has 0 unspecified atom stereocenters. The topological polar surface area (TPSA) is 95.9 Å². The minimum Gasteiger partial charge on any atom is -0.485 e. The Balaban J connectivity index is 1.80. The van der Waals surface area contributed by atoms with Gasteiger partial charge in [0.15, 0.2) is 6.10 Å². The Morgan fingerprint density at radius 2 is 1.59 bits per heavy atom. The van der Waals surface area contributed by atoms with Crippen LogP contribution >= 0.6 is 11.3 Å². The average Bonchev–Trinajstić information content (AvgIpc) is 3.30. The summed E-state index contributed by atoms with van der Waals surface area (Å²) in [5.41, 5.74) is 6.04. The molecule has 0 radical (unpaired) electrons. The third kappa shape index (κ3) is 6.99. The number of aliphatic hydroxyl groups is 1. The number of amides is 1. The van der Waals surface area contributed by atoms with Crippen LogP contribution in [0.3, 0.4) is 0 Å². The van der Waals surface area contributed by atoms with Crippen LogP contribution in [0.4, 0.5) is 0 Å². The summed E-state index contributed by atoms with van der Waals surface area (Å²) in [5, 5.41) is 20.7. The number of carboxylic acid groups (broad SMARTS) is 1. The monoisotopic (exact) mass is 523 g/mol. The fourth-order valence-corrected chi connectivity index (χ4v) is 5.37. The summed E-state index contributed by atoms with van der Waals surface area (Å²) in [5.74, 6) is -0.882. The van der Waals surface area contributed by atoms with Crippen molar-refractivity contribution in [3.05, 3.63) is 75.0 Å². The maximum Gasteiger partial charge on any atom is 0.334 e. The molecule has 1 aromatic heterocycles. The normalized spacial score (nSPS) is 13.3. The summed E-state index contributed by atoms with van der Waals surface area (Å²) in [6.07, 6.45) is -1.90. The number of aliphatic carboxylic acids is 1. The molecule has 0 spiro atoms. The second kappa shape index (κ2) is 11.5. The molecule has 2 aromatic carbocycles. The van der Waals surface area contributed by atoms with E-state index in [2.05, 4.69) is 90.2 Å². The van der Waals surface area contributed by atoms with Gasteiger partial charge in [0.1, 0.15) is 11.9 Å². The molecule has 3 aromatic rings. The Morgan fingerprint density at radius 3 is 2.11 bits per heavy atom. The molecular weight excluding hydrogens is 486 g/mol. The van der Waals surface area contributed by atoms with E-state index in [1.165, 1.54) is 28.0 Å². The number of hydrogen-bond donors (Lipinski definition) is 3. The van der Waals surface area contributed by atoms with Crippen LogP contribution in [0, 0.1) is 19.8 Å². The van der Waals surface area contributed by atoms with Crippen LogP contribution in [0.2, 0.25) is 0 Å². The number of ether oxygens (including phenoxy) is 1. The highest BCUT2D eigenvalue weighted by Gasteiger charge is 2.23. The van der Waals surface area contributed by atoms with Crippen LogP contribution in [-0.4, -0.2) is 34.7 Å². The minimum absolute atomic E-state index is 0.105. The Labute approximate surface area is 223 Å². The molecule has 1 amide bonds. The van der Waals surface area contributed by atoms with Gasteiger partial charge in [0.25, 0.3) is 5.91 Å². The van der Waals surface area contributed by atoms with Gasteiger partial charge >= 0.3 is 5.97 Å². The second-order valence-corrected chi connectivity index (χ2v) is 11.9. The maximum absolute atomic E-state index is 12.4. The minimum atomic E-state index is -1.64. The SMILES string of the molecule is Cc1cc(O[C@@H](c2ccc(C(=O)NC[C@H](O)C(=O)O)s2)C(C)C)cc(C)c1-c1ccc(C(C)(C)C)cc1. The highest BCUT2D eigenvalue weighted by molar-refractivity contribution is 7.14. The van der Waals surface area contributed by atoms with Gasteiger partial charge < -0.3 is 20.3 Å². The lowest BCUT2D eigenvalue weighted by Crippen LogP contribution is -2.36. The molecule has 3 N–H and O–H groups in total. The van der Waals surface area contributed by atoms with Crippen molar-refractivity contribution in [1.29, 1.82) is 0 Å². The summed E-state index contributed by atoms with van der Waals surface area (Å²) in [7, 11) is 0. The third-order valence-corrected chi connectivity index (χ3v) is 7.43. The number of rotatable bonds is 9. The molecule has 1 heterocycles. The van der Waals surface area contributed by atoms with Gasteiger partial charge in [0, 0.05) is 4.88 Å². The number of aliphatic hydroxyl groups excluding tert-OH is 1. The Bertz CT molecular complexity index is 1230. The van der Waals surface area contributed by atoms with Crippen LogP contribution < -0.4 is 10.1 Å². The molecule has 0 aliphatic heterocycles. The van der Waals surface area contributed by atoms with Crippen LogP contribution in [0.1, 0.15) is 72.0 Å². The number of aryl methyl sites for hydroxylation is 2. The Morgan fingerprint density at radius 1 is 1.00 bits per heavy atom. The number of nitrogens with one attached hydrogen (secondary N) is 1. The van der Waals surface area contributed by atoms with Crippen molar-refractivity contribution in [2.75, 3.05) is 6.54 Å². The summed E-state index contributed by atoms with van der Waals surface area (Å²) >= 11 is 1.30. The van der Waals surface area contributed by atoms with Crippen LogP contribution in [0.15, 0.2) is 48.5 Å². The lowest BCUT2D eigenvalue weighted by atomic mass is 9.85. The molecule has 0 saturated carbocycles. The molecule has 37 heavy (non-hydrogen) atoms. The van der Waals surface area contributed by atoms with Gasteiger partial charge in [-0.05, 0) is 77.3 Å². The van der Waals surface area contributed by atoms with Crippen LogP contribution in [-0.2, 0) is 10.2 Å². The fraction of sp³-hybridized carbons (Fsp3) is 0.400. The second-order valence-electron chi connectivity index (χ2n) is 10.8. The molecule has 0 aliphatic rings. The third-order valence-electron chi connectivity index (χ3n) is 6.29. The standard InChI is InChI=1S/C30H37NO5S/c1-17(2)27(24-12-13-25(37-24)28(33)31-16-23(32)29(34)35)36-22-14-18(3)26(19(4)15-22)20-8-10-21(11-9-20)30(5,6)7/h8-15,17,23,27,32H,16H2,1-7H3,(H,31,33)(H,34,35)/t23-,27+/m0/s1. The van der Waals surface area contributed by atoms with E-state index in [9.17, 15) is 14.7 Å². The summed E-state index contributed by atoms with van der Waals surface area (Å²) in [6, 6.07) is 16.4. The van der Waals surface area contributed by atoms with Crippen molar-refractivity contribution < 1.29 is 24.5 Å². The molecular formula is C30H37NO5S. The van der Waals surface area contributed by atoms with Crippen molar-refractivity contribution in [3.63, 3.8) is 0 Å². The first-order valence-corrected chi connectivity index (χ1v) is 13.3. The smallest absolute Gasteiger partial charge is 0.334 e. The van der Waals surface area contributed by atoms with Gasteiger partial charge in [-0.25, -0.2) is 4.79 Å². The highest BCUT2D eigenvalue weighted by Crippen LogP contribution is 2.37. The van der Waals surface area contributed by atoms with Gasteiger partial charge in [-0.2, -0.15) is 0 Å². The molecule has 0 aliphatic carbocycles. The molecule has 0 bridgehead atoms.